The number of esters is 1. The zero-order chi connectivity index (χ0) is 11.1. The van der Waals surface area contributed by atoms with E-state index < -0.39 is 0 Å². The summed E-state index contributed by atoms with van der Waals surface area (Å²) < 4.78 is 4.80. The fourth-order valence-corrected chi connectivity index (χ4v) is 1.19. The van der Waals surface area contributed by atoms with Gasteiger partial charge in [0.15, 0.2) is 0 Å². The van der Waals surface area contributed by atoms with Crippen LogP contribution in [0.25, 0.3) is 0 Å². The van der Waals surface area contributed by atoms with Gasteiger partial charge in [0.1, 0.15) is 0 Å². The smallest absolute Gasteiger partial charge is 0.307 e. The summed E-state index contributed by atoms with van der Waals surface area (Å²) in [7, 11) is 0. The summed E-state index contributed by atoms with van der Waals surface area (Å²) in [6, 6.07) is 7.41. The van der Waals surface area contributed by atoms with E-state index in [4.69, 9.17) is 10.5 Å². The molecule has 0 amide bonds. The highest BCUT2D eigenvalue weighted by Crippen LogP contribution is 2.11. The van der Waals surface area contributed by atoms with Gasteiger partial charge < -0.3 is 15.8 Å². The Bertz CT molecular complexity index is 326. The van der Waals surface area contributed by atoms with Gasteiger partial charge in [0.25, 0.3) is 0 Å². The quantitative estimate of drug-likeness (QED) is 0.570. The SMILES string of the molecule is CCOC(=O)CCNc1cccc(N)c1. The van der Waals surface area contributed by atoms with E-state index in [0.717, 1.165) is 5.69 Å². The highest BCUT2D eigenvalue weighted by molar-refractivity contribution is 5.70. The van der Waals surface area contributed by atoms with E-state index in [1.165, 1.54) is 0 Å². The Morgan fingerprint density at radius 1 is 1.53 bits per heavy atom. The molecule has 0 radical (unpaired) electrons. The normalized spacial score (nSPS) is 9.67. The lowest BCUT2D eigenvalue weighted by Gasteiger charge is -2.06. The van der Waals surface area contributed by atoms with Gasteiger partial charge in [-0.2, -0.15) is 0 Å². The first-order chi connectivity index (χ1) is 7.22. The number of hydrogen-bond donors (Lipinski definition) is 2. The summed E-state index contributed by atoms with van der Waals surface area (Å²) >= 11 is 0. The van der Waals surface area contributed by atoms with Crippen LogP contribution >= 0.6 is 0 Å². The van der Waals surface area contributed by atoms with Crippen molar-refractivity contribution in [1.29, 1.82) is 0 Å². The highest BCUT2D eigenvalue weighted by atomic mass is 16.5. The van der Waals surface area contributed by atoms with E-state index in [-0.39, 0.29) is 5.97 Å². The number of rotatable bonds is 5. The zero-order valence-corrected chi connectivity index (χ0v) is 8.82. The fraction of sp³-hybridized carbons (Fsp3) is 0.364. The predicted octanol–water partition coefficient (Wildman–Crippen LogP) is 1.63. The molecule has 0 aliphatic carbocycles. The second-order valence-corrected chi connectivity index (χ2v) is 3.11. The van der Waals surface area contributed by atoms with E-state index in [2.05, 4.69) is 5.32 Å². The first kappa shape index (κ1) is 11.4. The topological polar surface area (TPSA) is 64.3 Å². The van der Waals surface area contributed by atoms with Gasteiger partial charge in [-0.15, -0.1) is 0 Å². The molecule has 0 spiro atoms. The van der Waals surface area contributed by atoms with Gasteiger partial charge in [-0.05, 0) is 25.1 Å². The number of ether oxygens (including phenoxy) is 1. The van der Waals surface area contributed by atoms with Crippen molar-refractivity contribution in [3.05, 3.63) is 24.3 Å². The number of nitrogens with two attached hydrogens (primary N) is 1. The van der Waals surface area contributed by atoms with Crippen LogP contribution in [0.3, 0.4) is 0 Å². The van der Waals surface area contributed by atoms with Crippen LogP contribution < -0.4 is 11.1 Å². The van der Waals surface area contributed by atoms with Crippen molar-refractivity contribution < 1.29 is 9.53 Å². The molecule has 1 aromatic rings. The standard InChI is InChI=1S/C11H16N2O2/c1-2-15-11(14)6-7-13-10-5-3-4-9(12)8-10/h3-5,8,13H,2,6-7,12H2,1H3. The highest BCUT2D eigenvalue weighted by Gasteiger charge is 2.00. The molecule has 0 fully saturated rings. The maximum Gasteiger partial charge on any atom is 0.307 e. The molecule has 0 aromatic heterocycles. The van der Waals surface area contributed by atoms with Crippen molar-refractivity contribution in [2.75, 3.05) is 24.2 Å². The Kier molecular flexibility index (Phi) is 4.47. The summed E-state index contributed by atoms with van der Waals surface area (Å²) in [6.07, 6.45) is 0.364. The van der Waals surface area contributed by atoms with Crippen LogP contribution in [-0.2, 0) is 9.53 Å². The molecule has 4 heteroatoms. The molecule has 0 unspecified atom stereocenters. The van der Waals surface area contributed by atoms with Gasteiger partial charge >= 0.3 is 5.97 Å². The third-order valence-electron chi connectivity index (χ3n) is 1.85. The van der Waals surface area contributed by atoms with Gasteiger partial charge in [0, 0.05) is 17.9 Å². The zero-order valence-electron chi connectivity index (χ0n) is 8.82. The number of carbonyl (C=O) groups is 1. The second kappa shape index (κ2) is 5.90. The van der Waals surface area contributed by atoms with Crippen LogP contribution in [0.4, 0.5) is 11.4 Å². The molecule has 1 aromatic carbocycles. The van der Waals surface area contributed by atoms with Crippen molar-refractivity contribution >= 4 is 17.3 Å². The molecular formula is C11H16N2O2. The van der Waals surface area contributed by atoms with Crippen LogP contribution in [0.5, 0.6) is 0 Å². The number of carbonyl (C=O) groups excluding carboxylic acids is 1. The largest absolute Gasteiger partial charge is 0.466 e. The average molecular weight is 208 g/mol. The average Bonchev–Trinajstić information content (AvgIpc) is 2.18. The molecule has 0 aliphatic heterocycles. The molecule has 1 rings (SSSR count). The van der Waals surface area contributed by atoms with Crippen LogP contribution in [0.1, 0.15) is 13.3 Å². The molecule has 0 aliphatic rings. The monoisotopic (exact) mass is 208 g/mol. The molecule has 15 heavy (non-hydrogen) atoms. The number of hydrogen-bond acceptors (Lipinski definition) is 4. The van der Waals surface area contributed by atoms with Gasteiger partial charge in [0.2, 0.25) is 0 Å². The Labute approximate surface area is 89.4 Å². The Hall–Kier alpha value is -1.71. The summed E-state index contributed by atoms with van der Waals surface area (Å²) in [5.41, 5.74) is 7.23. The van der Waals surface area contributed by atoms with Crippen molar-refractivity contribution in [3.63, 3.8) is 0 Å². The lowest BCUT2D eigenvalue weighted by molar-refractivity contribution is -0.142. The molecule has 3 N–H and O–H groups in total. The summed E-state index contributed by atoms with van der Waals surface area (Å²) in [6.45, 7) is 2.78. The minimum Gasteiger partial charge on any atom is -0.466 e. The number of benzene rings is 1. The maximum absolute atomic E-state index is 11.0. The Morgan fingerprint density at radius 2 is 2.33 bits per heavy atom. The fourth-order valence-electron chi connectivity index (χ4n) is 1.19. The first-order valence-corrected chi connectivity index (χ1v) is 4.97. The van der Waals surface area contributed by atoms with E-state index in [9.17, 15) is 4.79 Å². The lowest BCUT2D eigenvalue weighted by Crippen LogP contribution is -2.11. The maximum atomic E-state index is 11.0. The van der Waals surface area contributed by atoms with E-state index >= 15 is 0 Å². The minimum absolute atomic E-state index is 0.186. The summed E-state index contributed by atoms with van der Waals surface area (Å²) in [4.78, 5) is 11.0. The molecule has 0 saturated heterocycles. The van der Waals surface area contributed by atoms with Crippen LogP contribution in [0, 0.1) is 0 Å². The molecule has 0 saturated carbocycles. The van der Waals surface area contributed by atoms with Crippen molar-refractivity contribution in [3.8, 4) is 0 Å². The van der Waals surface area contributed by atoms with E-state index in [0.29, 0.717) is 25.3 Å². The van der Waals surface area contributed by atoms with Gasteiger partial charge in [-0.3, -0.25) is 4.79 Å². The number of anilines is 2. The van der Waals surface area contributed by atoms with Crippen LogP contribution in [0.2, 0.25) is 0 Å². The second-order valence-electron chi connectivity index (χ2n) is 3.11. The Morgan fingerprint density at radius 3 is 3.00 bits per heavy atom. The number of nitrogen functional groups attached to an aromatic ring is 1. The van der Waals surface area contributed by atoms with Crippen LogP contribution in [-0.4, -0.2) is 19.1 Å². The van der Waals surface area contributed by atoms with Crippen molar-refractivity contribution in [1.82, 2.24) is 0 Å². The first-order valence-electron chi connectivity index (χ1n) is 4.97. The summed E-state index contributed by atoms with van der Waals surface area (Å²) in [5, 5.41) is 3.09. The number of nitrogens with one attached hydrogen (secondary N) is 1. The van der Waals surface area contributed by atoms with Crippen molar-refractivity contribution in [2.45, 2.75) is 13.3 Å². The third kappa shape index (κ3) is 4.35. The summed E-state index contributed by atoms with van der Waals surface area (Å²) in [5.74, 6) is -0.186. The molecule has 0 heterocycles. The molecule has 0 bridgehead atoms. The van der Waals surface area contributed by atoms with Gasteiger partial charge in [0.05, 0.1) is 13.0 Å². The minimum atomic E-state index is -0.186. The van der Waals surface area contributed by atoms with Crippen LogP contribution in [0.15, 0.2) is 24.3 Å². The van der Waals surface area contributed by atoms with Gasteiger partial charge in [-0.1, -0.05) is 6.07 Å². The third-order valence-corrected chi connectivity index (χ3v) is 1.85. The molecule has 82 valence electrons. The van der Waals surface area contributed by atoms with Crippen molar-refractivity contribution in [2.24, 2.45) is 0 Å². The molecular weight excluding hydrogens is 192 g/mol. The van der Waals surface area contributed by atoms with Gasteiger partial charge in [-0.25, -0.2) is 0 Å². The molecule has 4 nitrogen and oxygen atoms in total. The molecule has 0 atom stereocenters. The van der Waals surface area contributed by atoms with E-state index in [1.807, 2.05) is 24.3 Å². The lowest BCUT2D eigenvalue weighted by atomic mass is 10.3. The van der Waals surface area contributed by atoms with E-state index in [1.54, 1.807) is 6.92 Å². The predicted molar refractivity (Wildman–Crippen MR) is 60.6 cm³/mol. The Balaban J connectivity index is 2.28.